The zero-order valence-corrected chi connectivity index (χ0v) is 17.1. The average molecular weight is 395 g/mol. The molecule has 1 aliphatic heterocycles. The number of aryl methyl sites for hydroxylation is 2. The second kappa shape index (κ2) is 7.75. The summed E-state index contributed by atoms with van der Waals surface area (Å²) in [5.41, 5.74) is 3.95. The lowest BCUT2D eigenvalue weighted by Crippen LogP contribution is -2.46. The average Bonchev–Trinajstić information content (AvgIpc) is 3.04. The number of morpholine rings is 1. The van der Waals surface area contributed by atoms with Crippen LogP contribution in [0.5, 0.6) is 0 Å². The van der Waals surface area contributed by atoms with Crippen LogP contribution in [0.3, 0.4) is 0 Å². The van der Waals surface area contributed by atoms with Gasteiger partial charge in [0.1, 0.15) is 5.69 Å². The molecule has 0 aliphatic carbocycles. The summed E-state index contributed by atoms with van der Waals surface area (Å²) in [6.45, 7) is 7.77. The van der Waals surface area contributed by atoms with Crippen LogP contribution < -0.4 is 10.5 Å². The van der Waals surface area contributed by atoms with Crippen molar-refractivity contribution in [2.24, 2.45) is 7.05 Å². The van der Waals surface area contributed by atoms with Gasteiger partial charge in [0.25, 0.3) is 5.56 Å². The molecule has 9 heteroatoms. The Morgan fingerprint density at radius 3 is 2.59 bits per heavy atom. The fourth-order valence-corrected chi connectivity index (χ4v) is 3.63. The Bertz CT molecular complexity index is 1050. The first-order valence-corrected chi connectivity index (χ1v) is 9.70. The standard InChI is InChI=1S/C20H25N7O2/c1-13-5-6-16(8-21-13)20-18(25(4)24-23-20)12-27-19(28)7-17(9-22-27)26-10-14(2)29-15(3)11-26/h5-9,14-15H,10-12H2,1-4H3/t14-,15+. The molecule has 0 saturated carbocycles. The molecule has 3 aromatic heterocycles. The molecule has 0 aromatic carbocycles. The lowest BCUT2D eigenvalue weighted by molar-refractivity contribution is -0.00525. The summed E-state index contributed by atoms with van der Waals surface area (Å²) < 4.78 is 8.87. The van der Waals surface area contributed by atoms with Crippen LogP contribution in [0.4, 0.5) is 5.69 Å². The quantitative estimate of drug-likeness (QED) is 0.659. The molecule has 9 nitrogen and oxygen atoms in total. The van der Waals surface area contributed by atoms with E-state index in [0.717, 1.165) is 35.7 Å². The lowest BCUT2D eigenvalue weighted by atomic mass is 10.1. The Morgan fingerprint density at radius 2 is 1.93 bits per heavy atom. The second-order valence-corrected chi connectivity index (χ2v) is 7.57. The molecular formula is C20H25N7O2. The molecule has 4 heterocycles. The first kappa shape index (κ1) is 19.3. The Balaban J connectivity index is 1.60. The highest BCUT2D eigenvalue weighted by Gasteiger charge is 2.23. The molecule has 1 fully saturated rings. The molecule has 0 radical (unpaired) electrons. The van der Waals surface area contributed by atoms with Crippen molar-refractivity contribution in [3.8, 4) is 11.3 Å². The van der Waals surface area contributed by atoms with E-state index in [1.54, 1.807) is 23.1 Å². The minimum Gasteiger partial charge on any atom is -0.372 e. The van der Waals surface area contributed by atoms with Crippen LogP contribution in [-0.2, 0) is 18.3 Å². The molecule has 1 saturated heterocycles. The van der Waals surface area contributed by atoms with E-state index in [2.05, 4.69) is 25.3 Å². The molecule has 2 atom stereocenters. The Labute approximate surface area is 168 Å². The van der Waals surface area contributed by atoms with Crippen LogP contribution in [0.1, 0.15) is 25.2 Å². The molecule has 1 aliphatic rings. The first-order chi connectivity index (χ1) is 13.9. The molecule has 3 aromatic rings. The van der Waals surface area contributed by atoms with E-state index in [0.29, 0.717) is 5.69 Å². The van der Waals surface area contributed by atoms with Crippen LogP contribution in [-0.4, -0.2) is 55.1 Å². The maximum atomic E-state index is 12.8. The number of hydrogen-bond acceptors (Lipinski definition) is 7. The van der Waals surface area contributed by atoms with Crippen molar-refractivity contribution >= 4 is 5.69 Å². The highest BCUT2D eigenvalue weighted by Crippen LogP contribution is 2.21. The SMILES string of the molecule is Cc1ccc(-c2nnn(C)c2Cn2ncc(N3C[C@@H](C)O[C@@H](C)C3)cc2=O)cn1. The second-order valence-electron chi connectivity index (χ2n) is 7.57. The molecule has 4 rings (SSSR count). The number of ether oxygens (including phenoxy) is 1. The fraction of sp³-hybridized carbons (Fsp3) is 0.450. The highest BCUT2D eigenvalue weighted by atomic mass is 16.5. The summed E-state index contributed by atoms with van der Waals surface area (Å²) in [5.74, 6) is 0. The zero-order chi connectivity index (χ0) is 20.5. The maximum absolute atomic E-state index is 12.8. The molecule has 152 valence electrons. The summed E-state index contributed by atoms with van der Waals surface area (Å²) >= 11 is 0. The van der Waals surface area contributed by atoms with Crippen LogP contribution in [0.25, 0.3) is 11.3 Å². The molecule has 29 heavy (non-hydrogen) atoms. The molecule has 0 bridgehead atoms. The topological polar surface area (TPSA) is 91.0 Å². The van der Waals surface area contributed by atoms with Gasteiger partial charge in [-0.15, -0.1) is 5.10 Å². The minimum atomic E-state index is -0.163. The molecule has 0 unspecified atom stereocenters. The van der Waals surface area contributed by atoms with E-state index in [4.69, 9.17) is 4.74 Å². The van der Waals surface area contributed by atoms with Gasteiger partial charge in [-0.2, -0.15) is 5.10 Å². The minimum absolute atomic E-state index is 0.118. The van der Waals surface area contributed by atoms with Gasteiger partial charge in [-0.3, -0.25) is 9.78 Å². The monoisotopic (exact) mass is 395 g/mol. The van der Waals surface area contributed by atoms with Gasteiger partial charge >= 0.3 is 0 Å². The smallest absolute Gasteiger partial charge is 0.269 e. The zero-order valence-electron chi connectivity index (χ0n) is 17.1. The largest absolute Gasteiger partial charge is 0.372 e. The summed E-state index contributed by atoms with van der Waals surface area (Å²) in [4.78, 5) is 19.2. The van der Waals surface area contributed by atoms with E-state index >= 15 is 0 Å². The fourth-order valence-electron chi connectivity index (χ4n) is 3.63. The van der Waals surface area contributed by atoms with Gasteiger partial charge in [-0.25, -0.2) is 9.36 Å². The van der Waals surface area contributed by atoms with Gasteiger partial charge in [0.05, 0.1) is 36.3 Å². The Kier molecular flexibility index (Phi) is 5.14. The number of nitrogens with zero attached hydrogens (tertiary/aromatic N) is 7. The summed E-state index contributed by atoms with van der Waals surface area (Å²) in [5, 5.41) is 12.8. The third kappa shape index (κ3) is 4.04. The van der Waals surface area contributed by atoms with Crippen molar-refractivity contribution in [2.75, 3.05) is 18.0 Å². The van der Waals surface area contributed by atoms with Crippen molar-refractivity contribution in [2.45, 2.75) is 39.5 Å². The van der Waals surface area contributed by atoms with Gasteiger partial charge in [0.2, 0.25) is 0 Å². The van der Waals surface area contributed by atoms with Crippen molar-refractivity contribution in [3.05, 3.63) is 52.3 Å². The normalized spacial score (nSPS) is 19.5. The van der Waals surface area contributed by atoms with Gasteiger partial charge in [-0.1, -0.05) is 5.21 Å². The number of anilines is 1. The number of pyridine rings is 1. The number of rotatable bonds is 4. The van der Waals surface area contributed by atoms with Crippen LogP contribution in [0.2, 0.25) is 0 Å². The van der Waals surface area contributed by atoms with Crippen LogP contribution in [0, 0.1) is 6.92 Å². The molecule has 0 amide bonds. The summed E-state index contributed by atoms with van der Waals surface area (Å²) in [6.07, 6.45) is 3.74. The molecule has 0 N–H and O–H groups in total. The van der Waals surface area contributed by atoms with Gasteiger partial charge < -0.3 is 9.64 Å². The van der Waals surface area contributed by atoms with Crippen molar-refractivity contribution in [1.82, 2.24) is 29.8 Å². The van der Waals surface area contributed by atoms with E-state index in [-0.39, 0.29) is 24.3 Å². The van der Waals surface area contributed by atoms with Gasteiger partial charge in [-0.05, 0) is 32.9 Å². The molecule has 0 spiro atoms. The predicted molar refractivity (Wildman–Crippen MR) is 109 cm³/mol. The summed E-state index contributed by atoms with van der Waals surface area (Å²) in [6, 6.07) is 5.52. The first-order valence-electron chi connectivity index (χ1n) is 9.70. The van der Waals surface area contributed by atoms with Gasteiger partial charge in [0, 0.05) is 43.7 Å². The van der Waals surface area contributed by atoms with E-state index in [1.165, 1.54) is 4.68 Å². The van der Waals surface area contributed by atoms with Gasteiger partial charge in [0.15, 0.2) is 0 Å². The van der Waals surface area contributed by atoms with E-state index in [9.17, 15) is 4.79 Å². The molecular weight excluding hydrogens is 370 g/mol. The predicted octanol–water partition coefficient (Wildman–Crippen LogP) is 1.40. The van der Waals surface area contributed by atoms with E-state index in [1.807, 2.05) is 40.0 Å². The van der Waals surface area contributed by atoms with Crippen molar-refractivity contribution in [1.29, 1.82) is 0 Å². The number of aromatic nitrogens is 6. The van der Waals surface area contributed by atoms with E-state index < -0.39 is 0 Å². The maximum Gasteiger partial charge on any atom is 0.269 e. The Morgan fingerprint density at radius 1 is 1.17 bits per heavy atom. The van der Waals surface area contributed by atoms with Crippen LogP contribution in [0.15, 0.2) is 35.4 Å². The van der Waals surface area contributed by atoms with Crippen molar-refractivity contribution < 1.29 is 4.74 Å². The third-order valence-corrected chi connectivity index (χ3v) is 5.07. The summed E-state index contributed by atoms with van der Waals surface area (Å²) in [7, 11) is 1.81. The van der Waals surface area contributed by atoms with Crippen molar-refractivity contribution in [3.63, 3.8) is 0 Å². The highest BCUT2D eigenvalue weighted by molar-refractivity contribution is 5.60. The Hall–Kier alpha value is -3.07. The van der Waals surface area contributed by atoms with Crippen LogP contribution >= 0.6 is 0 Å². The third-order valence-electron chi connectivity index (χ3n) is 5.07. The lowest BCUT2D eigenvalue weighted by Gasteiger charge is -2.36. The number of hydrogen-bond donors (Lipinski definition) is 0.